The number of nitrogens with zero attached hydrogens (tertiary/aromatic N) is 3. The maximum Gasteiger partial charge on any atom is 0.257 e. The molecule has 110 valence electrons. The van der Waals surface area contributed by atoms with Crippen LogP contribution in [0.25, 0.3) is 0 Å². The fraction of sp³-hybridized carbons (Fsp3) is 0.375. The van der Waals surface area contributed by atoms with Crippen molar-refractivity contribution in [3.05, 3.63) is 53.9 Å². The molecule has 1 aromatic carbocycles. The molecule has 0 bridgehead atoms. The van der Waals surface area contributed by atoms with Gasteiger partial charge in [0.1, 0.15) is 0 Å². The molecular formula is C16H19N3O2. The van der Waals surface area contributed by atoms with Crippen LogP contribution >= 0.6 is 0 Å². The smallest absolute Gasteiger partial charge is 0.257 e. The predicted octanol–water partition coefficient (Wildman–Crippen LogP) is 1.53. The summed E-state index contributed by atoms with van der Waals surface area (Å²) >= 11 is 0. The van der Waals surface area contributed by atoms with E-state index in [9.17, 15) is 9.90 Å². The van der Waals surface area contributed by atoms with Crippen LogP contribution < -0.4 is 0 Å². The number of aromatic nitrogens is 2. The minimum Gasteiger partial charge on any atom is -0.391 e. The molecule has 1 saturated heterocycles. The van der Waals surface area contributed by atoms with Crippen molar-refractivity contribution in [3.8, 4) is 0 Å². The highest BCUT2D eigenvalue weighted by Crippen LogP contribution is 2.14. The minimum absolute atomic E-state index is 0.0481. The zero-order valence-electron chi connectivity index (χ0n) is 11.9. The lowest BCUT2D eigenvalue weighted by atomic mass is 10.1. The highest BCUT2D eigenvalue weighted by molar-refractivity contribution is 5.93. The fourth-order valence-corrected chi connectivity index (χ4v) is 2.65. The van der Waals surface area contributed by atoms with E-state index in [0.717, 1.165) is 18.4 Å². The molecule has 2 heterocycles. The highest BCUT2D eigenvalue weighted by Gasteiger charge is 2.23. The van der Waals surface area contributed by atoms with Gasteiger partial charge in [-0.05, 0) is 18.4 Å². The van der Waals surface area contributed by atoms with Gasteiger partial charge < -0.3 is 10.0 Å². The lowest BCUT2D eigenvalue weighted by molar-refractivity contribution is 0.0473. The Morgan fingerprint density at radius 3 is 2.90 bits per heavy atom. The van der Waals surface area contributed by atoms with Crippen LogP contribution in [0.4, 0.5) is 0 Å². The zero-order valence-corrected chi connectivity index (χ0v) is 11.9. The number of aliphatic hydroxyl groups excluding tert-OH is 1. The van der Waals surface area contributed by atoms with Crippen molar-refractivity contribution in [1.29, 1.82) is 0 Å². The van der Waals surface area contributed by atoms with Gasteiger partial charge in [-0.3, -0.25) is 9.48 Å². The summed E-state index contributed by atoms with van der Waals surface area (Å²) in [5, 5.41) is 13.9. The van der Waals surface area contributed by atoms with Crippen molar-refractivity contribution in [3.63, 3.8) is 0 Å². The first kappa shape index (κ1) is 13.8. The van der Waals surface area contributed by atoms with Crippen LogP contribution in [-0.4, -0.2) is 44.9 Å². The maximum atomic E-state index is 12.4. The first-order valence-corrected chi connectivity index (χ1v) is 7.26. The molecule has 0 spiro atoms. The van der Waals surface area contributed by atoms with Crippen LogP contribution in [0.1, 0.15) is 28.8 Å². The van der Waals surface area contributed by atoms with Crippen molar-refractivity contribution < 1.29 is 9.90 Å². The SMILES string of the molecule is O=C(c1cnn(Cc2ccccc2)c1)N1CCCC(O)C1. The summed E-state index contributed by atoms with van der Waals surface area (Å²) in [6.45, 7) is 1.78. The Kier molecular flexibility index (Phi) is 4.01. The number of piperidine rings is 1. The van der Waals surface area contributed by atoms with E-state index in [1.54, 1.807) is 22.0 Å². The van der Waals surface area contributed by atoms with Crippen molar-refractivity contribution in [2.45, 2.75) is 25.5 Å². The molecule has 1 N–H and O–H groups in total. The number of β-amino-alcohol motifs (C(OH)–C–C–N with tert-alkyl or cyclic N) is 1. The molecule has 1 aliphatic rings. The highest BCUT2D eigenvalue weighted by atomic mass is 16.3. The summed E-state index contributed by atoms with van der Waals surface area (Å²) in [7, 11) is 0. The molecule has 21 heavy (non-hydrogen) atoms. The van der Waals surface area contributed by atoms with E-state index >= 15 is 0 Å². The molecule has 1 fully saturated rings. The second-order valence-corrected chi connectivity index (χ2v) is 5.46. The van der Waals surface area contributed by atoms with Crippen LogP contribution in [-0.2, 0) is 6.54 Å². The molecule has 1 atom stereocenters. The summed E-state index contributed by atoms with van der Waals surface area (Å²) in [5.41, 5.74) is 1.73. The van der Waals surface area contributed by atoms with E-state index in [1.807, 2.05) is 30.3 Å². The van der Waals surface area contributed by atoms with Gasteiger partial charge in [-0.2, -0.15) is 5.10 Å². The van der Waals surface area contributed by atoms with Crippen LogP contribution in [0.3, 0.4) is 0 Å². The molecule has 5 heteroatoms. The Labute approximate surface area is 123 Å². The number of rotatable bonds is 3. The normalized spacial score (nSPS) is 18.7. The quantitative estimate of drug-likeness (QED) is 0.930. The Morgan fingerprint density at radius 1 is 1.33 bits per heavy atom. The van der Waals surface area contributed by atoms with E-state index in [0.29, 0.717) is 25.2 Å². The van der Waals surface area contributed by atoms with Gasteiger partial charge in [0.2, 0.25) is 0 Å². The number of likely N-dealkylation sites (tertiary alicyclic amines) is 1. The lowest BCUT2D eigenvalue weighted by Gasteiger charge is -2.29. The number of hydrogen-bond donors (Lipinski definition) is 1. The third-order valence-corrected chi connectivity index (χ3v) is 3.75. The van der Waals surface area contributed by atoms with Crippen molar-refractivity contribution in [2.75, 3.05) is 13.1 Å². The summed E-state index contributed by atoms with van der Waals surface area (Å²) in [5.74, 6) is -0.0481. The standard InChI is InChI=1S/C16H19N3O2/c20-15-7-4-8-18(12-15)16(21)14-9-17-19(11-14)10-13-5-2-1-3-6-13/h1-3,5-6,9,11,15,20H,4,7-8,10,12H2. The Morgan fingerprint density at radius 2 is 2.14 bits per heavy atom. The molecule has 1 aromatic heterocycles. The van der Waals surface area contributed by atoms with Gasteiger partial charge in [-0.1, -0.05) is 30.3 Å². The van der Waals surface area contributed by atoms with Gasteiger partial charge in [-0.25, -0.2) is 0 Å². The molecule has 5 nitrogen and oxygen atoms in total. The predicted molar refractivity (Wildman–Crippen MR) is 78.9 cm³/mol. The summed E-state index contributed by atoms with van der Waals surface area (Å²) in [6.07, 6.45) is 4.60. The number of carbonyl (C=O) groups excluding carboxylic acids is 1. The number of aliphatic hydroxyl groups is 1. The van der Waals surface area contributed by atoms with Gasteiger partial charge in [0.25, 0.3) is 5.91 Å². The fourth-order valence-electron chi connectivity index (χ4n) is 2.65. The van der Waals surface area contributed by atoms with Gasteiger partial charge in [0, 0.05) is 19.3 Å². The van der Waals surface area contributed by atoms with Crippen LogP contribution in [0, 0.1) is 0 Å². The molecule has 0 saturated carbocycles. The molecule has 1 aliphatic heterocycles. The van der Waals surface area contributed by atoms with E-state index in [4.69, 9.17) is 0 Å². The number of benzene rings is 1. The first-order chi connectivity index (χ1) is 10.2. The first-order valence-electron chi connectivity index (χ1n) is 7.26. The average Bonchev–Trinajstić information content (AvgIpc) is 2.96. The van der Waals surface area contributed by atoms with Crippen molar-refractivity contribution >= 4 is 5.91 Å². The third-order valence-electron chi connectivity index (χ3n) is 3.75. The van der Waals surface area contributed by atoms with E-state index in [2.05, 4.69) is 5.10 Å². The molecular weight excluding hydrogens is 266 g/mol. The Balaban J connectivity index is 1.68. The molecule has 3 rings (SSSR count). The van der Waals surface area contributed by atoms with Crippen molar-refractivity contribution in [2.24, 2.45) is 0 Å². The van der Waals surface area contributed by atoms with Gasteiger partial charge in [-0.15, -0.1) is 0 Å². The van der Waals surface area contributed by atoms with Crippen LogP contribution in [0.2, 0.25) is 0 Å². The molecule has 2 aromatic rings. The van der Waals surface area contributed by atoms with Gasteiger partial charge in [0.05, 0.1) is 24.4 Å². The molecule has 1 amide bonds. The maximum absolute atomic E-state index is 12.4. The van der Waals surface area contributed by atoms with Crippen LogP contribution in [0.5, 0.6) is 0 Å². The Hall–Kier alpha value is -2.14. The van der Waals surface area contributed by atoms with Gasteiger partial charge in [0.15, 0.2) is 0 Å². The molecule has 1 unspecified atom stereocenters. The Bertz CT molecular complexity index is 609. The second-order valence-electron chi connectivity index (χ2n) is 5.46. The minimum atomic E-state index is -0.401. The number of carbonyl (C=O) groups is 1. The van der Waals surface area contributed by atoms with Crippen LogP contribution in [0.15, 0.2) is 42.7 Å². The van der Waals surface area contributed by atoms with E-state index < -0.39 is 6.10 Å². The molecule has 0 radical (unpaired) electrons. The second kappa shape index (κ2) is 6.10. The van der Waals surface area contributed by atoms with Gasteiger partial charge >= 0.3 is 0 Å². The summed E-state index contributed by atoms with van der Waals surface area (Å²) in [6, 6.07) is 10.0. The largest absolute Gasteiger partial charge is 0.391 e. The van der Waals surface area contributed by atoms with E-state index in [1.165, 1.54) is 0 Å². The number of hydrogen-bond acceptors (Lipinski definition) is 3. The third kappa shape index (κ3) is 3.31. The molecule has 0 aliphatic carbocycles. The zero-order chi connectivity index (χ0) is 14.7. The van der Waals surface area contributed by atoms with E-state index in [-0.39, 0.29) is 5.91 Å². The monoisotopic (exact) mass is 285 g/mol. The lowest BCUT2D eigenvalue weighted by Crippen LogP contribution is -2.42. The number of amides is 1. The average molecular weight is 285 g/mol. The topological polar surface area (TPSA) is 58.4 Å². The summed E-state index contributed by atoms with van der Waals surface area (Å²) < 4.78 is 1.77. The summed E-state index contributed by atoms with van der Waals surface area (Å²) in [4.78, 5) is 14.1. The van der Waals surface area contributed by atoms with Crippen molar-refractivity contribution in [1.82, 2.24) is 14.7 Å².